The van der Waals surface area contributed by atoms with Crippen LogP contribution in [0.2, 0.25) is 0 Å². The van der Waals surface area contributed by atoms with Gasteiger partial charge in [0.2, 0.25) is 0 Å². The summed E-state index contributed by atoms with van der Waals surface area (Å²) in [5.74, 6) is 1.06. The second kappa shape index (κ2) is 7.41. The van der Waals surface area contributed by atoms with E-state index >= 15 is 0 Å². The summed E-state index contributed by atoms with van der Waals surface area (Å²) in [6, 6.07) is 9.50. The highest BCUT2D eigenvalue weighted by Gasteiger charge is 2.22. The zero-order chi connectivity index (χ0) is 17.9. The molecule has 3 aromatic rings. The van der Waals surface area contributed by atoms with Gasteiger partial charge in [0, 0.05) is 42.3 Å². The van der Waals surface area contributed by atoms with Gasteiger partial charge in [-0.3, -0.25) is 5.10 Å². The maximum atomic E-state index is 4.45. The topological polar surface area (TPSA) is 69.7 Å². The number of hydrogen-bond acceptors (Lipinski definition) is 5. The Bertz CT molecular complexity index is 865. The van der Waals surface area contributed by atoms with Crippen LogP contribution < -0.4 is 10.2 Å². The number of anilines is 1. The average Bonchev–Trinajstić information content (AvgIpc) is 3.16. The van der Waals surface area contributed by atoms with Crippen molar-refractivity contribution in [1.29, 1.82) is 0 Å². The number of hydrogen-bond donors (Lipinski definition) is 2. The number of H-pyrrole nitrogens is 1. The highest BCUT2D eigenvalue weighted by Crippen LogP contribution is 2.23. The van der Waals surface area contributed by atoms with Gasteiger partial charge in [0.05, 0.1) is 11.7 Å². The fourth-order valence-corrected chi connectivity index (χ4v) is 3.71. The predicted molar refractivity (Wildman–Crippen MR) is 104 cm³/mol. The van der Waals surface area contributed by atoms with Crippen LogP contribution in [0.4, 0.5) is 5.82 Å². The van der Waals surface area contributed by atoms with E-state index in [9.17, 15) is 0 Å². The van der Waals surface area contributed by atoms with Crippen molar-refractivity contribution >= 4 is 16.7 Å². The first-order chi connectivity index (χ1) is 12.7. The molecule has 26 heavy (non-hydrogen) atoms. The van der Waals surface area contributed by atoms with Crippen LogP contribution in [0.15, 0.2) is 36.8 Å². The molecule has 6 nitrogen and oxygen atoms in total. The van der Waals surface area contributed by atoms with Gasteiger partial charge in [-0.05, 0) is 43.9 Å². The number of fused-ring (bicyclic) bond motifs is 1. The molecule has 1 saturated heterocycles. The van der Waals surface area contributed by atoms with Gasteiger partial charge in [-0.15, -0.1) is 0 Å². The monoisotopic (exact) mass is 350 g/mol. The van der Waals surface area contributed by atoms with Gasteiger partial charge in [-0.25, -0.2) is 9.97 Å². The van der Waals surface area contributed by atoms with Crippen molar-refractivity contribution in [2.75, 3.05) is 18.0 Å². The van der Waals surface area contributed by atoms with Crippen molar-refractivity contribution in [3.05, 3.63) is 48.0 Å². The molecule has 0 spiro atoms. The molecule has 2 aromatic heterocycles. The van der Waals surface area contributed by atoms with Gasteiger partial charge in [0.25, 0.3) is 0 Å². The Morgan fingerprint density at radius 3 is 2.88 bits per heavy atom. The summed E-state index contributed by atoms with van der Waals surface area (Å²) in [7, 11) is 0. The third kappa shape index (κ3) is 3.55. The van der Waals surface area contributed by atoms with E-state index < -0.39 is 0 Å². The molecule has 1 unspecified atom stereocenters. The van der Waals surface area contributed by atoms with E-state index in [4.69, 9.17) is 0 Å². The molecule has 1 aliphatic rings. The lowest BCUT2D eigenvalue weighted by Gasteiger charge is -2.34. The Balaban J connectivity index is 1.35. The SMILES string of the molecule is CCc1cc(N2CCC(NC(C)c3ccc4[nH]ncc4c3)CC2)ncn1. The molecular weight excluding hydrogens is 324 g/mol. The van der Waals surface area contributed by atoms with Crippen molar-refractivity contribution in [2.24, 2.45) is 0 Å². The third-order valence-corrected chi connectivity index (χ3v) is 5.34. The summed E-state index contributed by atoms with van der Waals surface area (Å²) in [5, 5.41) is 12.1. The molecule has 136 valence electrons. The molecule has 0 aliphatic carbocycles. The summed E-state index contributed by atoms with van der Waals surface area (Å²) >= 11 is 0. The van der Waals surface area contributed by atoms with E-state index in [1.807, 2.05) is 6.20 Å². The molecule has 0 radical (unpaired) electrons. The van der Waals surface area contributed by atoms with Gasteiger partial charge >= 0.3 is 0 Å². The maximum absolute atomic E-state index is 4.45. The molecule has 1 aromatic carbocycles. The second-order valence-corrected chi connectivity index (χ2v) is 7.09. The van der Waals surface area contributed by atoms with Crippen LogP contribution in [0.25, 0.3) is 10.9 Å². The lowest BCUT2D eigenvalue weighted by Crippen LogP contribution is -2.43. The van der Waals surface area contributed by atoms with E-state index in [2.05, 4.69) is 68.5 Å². The van der Waals surface area contributed by atoms with Crippen LogP contribution in [0.1, 0.15) is 44.0 Å². The number of piperidine rings is 1. The summed E-state index contributed by atoms with van der Waals surface area (Å²) in [5.41, 5.74) is 3.51. The number of nitrogens with zero attached hydrogens (tertiary/aromatic N) is 4. The first-order valence-electron chi connectivity index (χ1n) is 9.48. The van der Waals surface area contributed by atoms with Gasteiger partial charge in [0.1, 0.15) is 12.1 Å². The number of aromatic amines is 1. The zero-order valence-electron chi connectivity index (χ0n) is 15.4. The van der Waals surface area contributed by atoms with Crippen molar-refractivity contribution in [3.8, 4) is 0 Å². The minimum atomic E-state index is 0.330. The summed E-state index contributed by atoms with van der Waals surface area (Å²) in [6.45, 7) is 6.44. The molecule has 0 amide bonds. The normalized spacial score (nSPS) is 16.9. The molecule has 2 N–H and O–H groups in total. The highest BCUT2D eigenvalue weighted by atomic mass is 15.2. The standard InChI is InChI=1S/C20H26N6/c1-3-17-11-20(22-13-21-17)26-8-6-18(7-9-26)24-14(2)15-4-5-19-16(10-15)12-23-25-19/h4-5,10-14,18,24H,3,6-9H2,1-2H3,(H,23,25). The fourth-order valence-electron chi connectivity index (χ4n) is 3.71. The smallest absolute Gasteiger partial charge is 0.132 e. The minimum Gasteiger partial charge on any atom is -0.356 e. The largest absolute Gasteiger partial charge is 0.356 e. The maximum Gasteiger partial charge on any atom is 0.132 e. The lowest BCUT2D eigenvalue weighted by molar-refractivity contribution is 0.380. The predicted octanol–water partition coefficient (Wildman–Crippen LogP) is 3.23. The van der Waals surface area contributed by atoms with Crippen molar-refractivity contribution in [1.82, 2.24) is 25.5 Å². The highest BCUT2D eigenvalue weighted by molar-refractivity contribution is 5.78. The van der Waals surface area contributed by atoms with Gasteiger partial charge in [-0.1, -0.05) is 13.0 Å². The number of nitrogens with one attached hydrogen (secondary N) is 2. The quantitative estimate of drug-likeness (QED) is 0.739. The Labute approximate surface area is 154 Å². The number of rotatable bonds is 5. The van der Waals surface area contributed by atoms with Gasteiger partial charge in [-0.2, -0.15) is 5.10 Å². The number of aromatic nitrogens is 4. The van der Waals surface area contributed by atoms with Crippen molar-refractivity contribution < 1.29 is 0 Å². The van der Waals surface area contributed by atoms with Crippen LogP contribution >= 0.6 is 0 Å². The lowest BCUT2D eigenvalue weighted by atomic mass is 10.0. The average molecular weight is 350 g/mol. The van der Waals surface area contributed by atoms with E-state index in [0.717, 1.165) is 49.4 Å². The van der Waals surface area contributed by atoms with E-state index in [1.54, 1.807) is 6.33 Å². The van der Waals surface area contributed by atoms with Crippen LogP contribution in [0.3, 0.4) is 0 Å². The first kappa shape index (κ1) is 17.0. The van der Waals surface area contributed by atoms with Crippen LogP contribution in [0, 0.1) is 0 Å². The molecule has 0 bridgehead atoms. The number of benzene rings is 1. The molecule has 0 saturated carbocycles. The number of aryl methyl sites for hydroxylation is 1. The van der Waals surface area contributed by atoms with E-state index in [0.29, 0.717) is 12.1 Å². The molecule has 1 atom stereocenters. The molecular formula is C20H26N6. The summed E-state index contributed by atoms with van der Waals surface area (Å²) < 4.78 is 0. The van der Waals surface area contributed by atoms with Crippen molar-refractivity contribution in [2.45, 2.75) is 45.2 Å². The second-order valence-electron chi connectivity index (χ2n) is 7.09. The zero-order valence-corrected chi connectivity index (χ0v) is 15.4. The molecule has 1 aliphatic heterocycles. The molecule has 4 rings (SSSR count). The van der Waals surface area contributed by atoms with Gasteiger partial charge in [0.15, 0.2) is 0 Å². The van der Waals surface area contributed by atoms with E-state index in [-0.39, 0.29) is 0 Å². The summed E-state index contributed by atoms with van der Waals surface area (Å²) in [4.78, 5) is 11.1. The minimum absolute atomic E-state index is 0.330. The van der Waals surface area contributed by atoms with E-state index in [1.165, 1.54) is 10.9 Å². The molecule has 3 heterocycles. The van der Waals surface area contributed by atoms with Crippen LogP contribution in [-0.2, 0) is 6.42 Å². The Morgan fingerprint density at radius 1 is 1.23 bits per heavy atom. The van der Waals surface area contributed by atoms with Crippen LogP contribution in [-0.4, -0.2) is 39.3 Å². The molecule has 1 fully saturated rings. The summed E-state index contributed by atoms with van der Waals surface area (Å²) in [6.07, 6.45) is 6.78. The Hall–Kier alpha value is -2.47. The first-order valence-corrected chi connectivity index (χ1v) is 9.48. The third-order valence-electron chi connectivity index (χ3n) is 5.34. The Kier molecular flexibility index (Phi) is 4.84. The van der Waals surface area contributed by atoms with Gasteiger partial charge < -0.3 is 10.2 Å². The fraction of sp³-hybridized carbons (Fsp3) is 0.450. The molecule has 6 heteroatoms. The van der Waals surface area contributed by atoms with Crippen LogP contribution in [0.5, 0.6) is 0 Å². The van der Waals surface area contributed by atoms with Crippen molar-refractivity contribution in [3.63, 3.8) is 0 Å². The Morgan fingerprint density at radius 2 is 2.08 bits per heavy atom.